The summed E-state index contributed by atoms with van der Waals surface area (Å²) in [6.07, 6.45) is 3.38. The number of pyridine rings is 1. The summed E-state index contributed by atoms with van der Waals surface area (Å²) in [7, 11) is 0. The van der Waals surface area contributed by atoms with Crippen molar-refractivity contribution in [3.63, 3.8) is 0 Å². The minimum Gasteiger partial charge on any atom is -0.398 e. The van der Waals surface area contributed by atoms with Gasteiger partial charge in [0.2, 0.25) is 11.8 Å². The number of rotatable bonds is 5. The van der Waals surface area contributed by atoms with Crippen molar-refractivity contribution in [3.8, 4) is 0 Å². The Morgan fingerprint density at radius 3 is 2.80 bits per heavy atom. The summed E-state index contributed by atoms with van der Waals surface area (Å²) in [5.41, 5.74) is 5.64. The van der Waals surface area contributed by atoms with Crippen LogP contribution in [0.4, 0.5) is 5.69 Å². The molecule has 0 aromatic carbocycles. The van der Waals surface area contributed by atoms with Crippen LogP contribution in [-0.2, 0) is 16.1 Å². The van der Waals surface area contributed by atoms with Gasteiger partial charge in [0.25, 0.3) is 5.56 Å². The fourth-order valence-corrected chi connectivity index (χ4v) is 1.73. The van der Waals surface area contributed by atoms with Crippen LogP contribution in [0.15, 0.2) is 23.1 Å². The van der Waals surface area contributed by atoms with E-state index in [0.29, 0.717) is 5.69 Å². The maximum atomic E-state index is 11.8. The minimum absolute atomic E-state index is 0.162. The molecule has 1 aromatic rings. The van der Waals surface area contributed by atoms with Crippen LogP contribution in [0.25, 0.3) is 0 Å². The van der Waals surface area contributed by atoms with Crippen molar-refractivity contribution in [3.05, 3.63) is 28.7 Å². The molecule has 0 spiro atoms. The standard InChI is InChI=1S/C13H18N4O3/c1-8(13(20)16-10-3-4-10)15-11(18)7-17-6-9(14)2-5-12(17)19/h2,5-6,8,10H,3-4,7,14H2,1H3,(H,15,18)(H,16,20). The van der Waals surface area contributed by atoms with Gasteiger partial charge in [0.05, 0.1) is 0 Å². The summed E-state index contributed by atoms with van der Waals surface area (Å²) in [6.45, 7) is 1.45. The van der Waals surface area contributed by atoms with E-state index in [9.17, 15) is 14.4 Å². The molecular formula is C13H18N4O3. The zero-order valence-electron chi connectivity index (χ0n) is 11.3. The van der Waals surface area contributed by atoms with Gasteiger partial charge in [-0.25, -0.2) is 0 Å². The highest BCUT2D eigenvalue weighted by molar-refractivity contribution is 5.87. The molecule has 0 saturated heterocycles. The summed E-state index contributed by atoms with van der Waals surface area (Å²) in [6, 6.07) is 2.40. The highest BCUT2D eigenvalue weighted by Gasteiger charge is 2.26. The number of nitrogens with two attached hydrogens (primary N) is 1. The summed E-state index contributed by atoms with van der Waals surface area (Å²) in [4.78, 5) is 35.0. The van der Waals surface area contributed by atoms with Crippen LogP contribution in [0.5, 0.6) is 0 Å². The van der Waals surface area contributed by atoms with Gasteiger partial charge in [-0.05, 0) is 25.8 Å². The normalized spacial score (nSPS) is 15.4. The summed E-state index contributed by atoms with van der Waals surface area (Å²) in [5.74, 6) is -0.614. The van der Waals surface area contributed by atoms with Gasteiger partial charge in [-0.1, -0.05) is 0 Å². The maximum absolute atomic E-state index is 11.8. The van der Waals surface area contributed by atoms with Gasteiger partial charge in [-0.15, -0.1) is 0 Å². The lowest BCUT2D eigenvalue weighted by atomic mass is 10.3. The highest BCUT2D eigenvalue weighted by atomic mass is 16.2. The lowest BCUT2D eigenvalue weighted by Gasteiger charge is -2.14. The lowest BCUT2D eigenvalue weighted by Crippen LogP contribution is -2.46. The van der Waals surface area contributed by atoms with E-state index >= 15 is 0 Å². The van der Waals surface area contributed by atoms with E-state index in [1.807, 2.05) is 0 Å². The number of hydrogen-bond acceptors (Lipinski definition) is 4. The fraction of sp³-hybridized carbons (Fsp3) is 0.462. The Kier molecular flexibility index (Phi) is 4.07. The Labute approximate surface area is 116 Å². The number of aromatic nitrogens is 1. The largest absolute Gasteiger partial charge is 0.398 e. The van der Waals surface area contributed by atoms with Crippen LogP contribution in [0, 0.1) is 0 Å². The lowest BCUT2D eigenvalue weighted by molar-refractivity contribution is -0.129. The number of carbonyl (C=O) groups is 2. The first kappa shape index (κ1) is 14.1. The average molecular weight is 278 g/mol. The average Bonchev–Trinajstić information content (AvgIpc) is 3.17. The van der Waals surface area contributed by atoms with Gasteiger partial charge in [-0.3, -0.25) is 14.4 Å². The van der Waals surface area contributed by atoms with Crippen LogP contribution in [0.3, 0.4) is 0 Å². The summed E-state index contributed by atoms with van der Waals surface area (Å²) < 4.78 is 1.20. The second-order valence-electron chi connectivity index (χ2n) is 5.00. The molecule has 1 heterocycles. The molecule has 1 fully saturated rings. The fourth-order valence-electron chi connectivity index (χ4n) is 1.73. The molecule has 2 rings (SSSR count). The first-order valence-electron chi connectivity index (χ1n) is 6.51. The third kappa shape index (κ3) is 3.84. The predicted octanol–water partition coefficient (Wildman–Crippen LogP) is -0.786. The third-order valence-corrected chi connectivity index (χ3v) is 3.01. The van der Waals surface area contributed by atoms with Crippen LogP contribution >= 0.6 is 0 Å². The third-order valence-electron chi connectivity index (χ3n) is 3.01. The molecule has 1 atom stereocenters. The Hall–Kier alpha value is -2.31. The van der Waals surface area contributed by atoms with E-state index in [1.54, 1.807) is 6.92 Å². The molecule has 1 aliphatic rings. The van der Waals surface area contributed by atoms with Gasteiger partial charge < -0.3 is 20.9 Å². The van der Waals surface area contributed by atoms with Crippen LogP contribution < -0.4 is 21.9 Å². The van der Waals surface area contributed by atoms with E-state index in [-0.39, 0.29) is 24.1 Å². The van der Waals surface area contributed by atoms with Crippen LogP contribution in [0.1, 0.15) is 19.8 Å². The molecule has 7 nitrogen and oxygen atoms in total. The van der Waals surface area contributed by atoms with Crippen molar-refractivity contribution in [1.29, 1.82) is 0 Å². The number of nitrogens with zero attached hydrogens (tertiary/aromatic N) is 1. The molecule has 108 valence electrons. The Morgan fingerprint density at radius 1 is 1.45 bits per heavy atom. The van der Waals surface area contributed by atoms with E-state index < -0.39 is 11.9 Å². The molecule has 1 aromatic heterocycles. The SMILES string of the molecule is CC(NC(=O)Cn1cc(N)ccc1=O)C(=O)NC1CC1. The van der Waals surface area contributed by atoms with Crippen molar-refractivity contribution >= 4 is 17.5 Å². The van der Waals surface area contributed by atoms with Crippen molar-refractivity contribution in [2.45, 2.75) is 38.4 Å². The number of hydrogen-bond donors (Lipinski definition) is 3. The number of carbonyl (C=O) groups excluding carboxylic acids is 2. The molecule has 0 aliphatic heterocycles. The Bertz CT molecular complexity index is 577. The number of amides is 2. The van der Waals surface area contributed by atoms with E-state index in [2.05, 4.69) is 10.6 Å². The predicted molar refractivity (Wildman–Crippen MR) is 73.9 cm³/mol. The molecule has 1 aliphatic carbocycles. The maximum Gasteiger partial charge on any atom is 0.251 e. The number of anilines is 1. The Morgan fingerprint density at radius 2 is 2.15 bits per heavy atom. The molecule has 2 amide bonds. The topological polar surface area (TPSA) is 106 Å². The molecule has 1 saturated carbocycles. The minimum atomic E-state index is -0.625. The summed E-state index contributed by atoms with van der Waals surface area (Å²) >= 11 is 0. The molecular weight excluding hydrogens is 260 g/mol. The quantitative estimate of drug-likeness (QED) is 0.656. The molecule has 1 unspecified atom stereocenters. The van der Waals surface area contributed by atoms with Crippen LogP contribution in [-0.4, -0.2) is 28.5 Å². The van der Waals surface area contributed by atoms with Crippen LogP contribution in [0.2, 0.25) is 0 Å². The van der Waals surface area contributed by atoms with Crippen molar-refractivity contribution in [1.82, 2.24) is 15.2 Å². The zero-order valence-corrected chi connectivity index (χ0v) is 11.3. The molecule has 20 heavy (non-hydrogen) atoms. The molecule has 4 N–H and O–H groups in total. The van der Waals surface area contributed by atoms with Gasteiger partial charge >= 0.3 is 0 Å². The molecule has 0 bridgehead atoms. The van der Waals surface area contributed by atoms with E-state index in [0.717, 1.165) is 12.8 Å². The molecule has 0 radical (unpaired) electrons. The van der Waals surface area contributed by atoms with E-state index in [4.69, 9.17) is 5.73 Å². The Balaban J connectivity index is 1.89. The van der Waals surface area contributed by atoms with Crippen molar-refractivity contribution in [2.24, 2.45) is 0 Å². The van der Waals surface area contributed by atoms with Gasteiger partial charge in [0.15, 0.2) is 0 Å². The van der Waals surface area contributed by atoms with Gasteiger partial charge in [0.1, 0.15) is 12.6 Å². The second-order valence-corrected chi connectivity index (χ2v) is 5.00. The van der Waals surface area contributed by atoms with Gasteiger partial charge in [0, 0.05) is 24.0 Å². The molecule has 7 heteroatoms. The number of nitrogen functional groups attached to an aromatic ring is 1. The van der Waals surface area contributed by atoms with Gasteiger partial charge in [-0.2, -0.15) is 0 Å². The van der Waals surface area contributed by atoms with Crippen molar-refractivity contribution in [2.75, 3.05) is 5.73 Å². The monoisotopic (exact) mass is 278 g/mol. The smallest absolute Gasteiger partial charge is 0.251 e. The first-order chi connectivity index (χ1) is 9.45. The van der Waals surface area contributed by atoms with Crippen molar-refractivity contribution < 1.29 is 9.59 Å². The highest BCUT2D eigenvalue weighted by Crippen LogP contribution is 2.18. The zero-order chi connectivity index (χ0) is 14.7. The first-order valence-corrected chi connectivity index (χ1v) is 6.51. The summed E-state index contributed by atoms with van der Waals surface area (Å²) in [5, 5.41) is 5.36. The number of nitrogens with one attached hydrogen (secondary N) is 2. The van der Waals surface area contributed by atoms with E-state index in [1.165, 1.54) is 22.9 Å². The second kappa shape index (κ2) is 5.77.